The summed E-state index contributed by atoms with van der Waals surface area (Å²) in [5, 5.41) is 0. The van der Waals surface area contributed by atoms with Gasteiger partial charge in [-0.05, 0) is 103 Å². The van der Waals surface area contributed by atoms with Crippen molar-refractivity contribution in [1.29, 1.82) is 0 Å². The van der Waals surface area contributed by atoms with E-state index in [9.17, 15) is 14.4 Å². The van der Waals surface area contributed by atoms with Crippen LogP contribution in [-0.4, -0.2) is 37.2 Å². The van der Waals surface area contributed by atoms with Gasteiger partial charge in [0.25, 0.3) is 0 Å². The molecular formula is C62H98O6. The minimum atomic E-state index is -0.827. The van der Waals surface area contributed by atoms with Gasteiger partial charge in [0.15, 0.2) is 6.10 Å². The largest absolute Gasteiger partial charge is 0.462 e. The molecule has 0 aliphatic carbocycles. The van der Waals surface area contributed by atoms with Gasteiger partial charge in [0.1, 0.15) is 13.2 Å². The van der Waals surface area contributed by atoms with E-state index < -0.39 is 6.10 Å². The molecule has 0 rings (SSSR count). The Morgan fingerprint density at radius 1 is 0.324 bits per heavy atom. The van der Waals surface area contributed by atoms with Gasteiger partial charge in [0.2, 0.25) is 0 Å². The van der Waals surface area contributed by atoms with Crippen molar-refractivity contribution in [2.75, 3.05) is 13.2 Å². The highest BCUT2D eigenvalue weighted by atomic mass is 16.6. The maximum atomic E-state index is 12.8. The first kappa shape index (κ1) is 63.5. The molecule has 6 nitrogen and oxygen atoms in total. The number of hydrogen-bond acceptors (Lipinski definition) is 6. The third-order valence-corrected chi connectivity index (χ3v) is 11.0. The first-order valence-corrected chi connectivity index (χ1v) is 27.3. The van der Waals surface area contributed by atoms with Gasteiger partial charge < -0.3 is 14.2 Å². The normalized spacial score (nSPS) is 13.2. The van der Waals surface area contributed by atoms with Crippen molar-refractivity contribution in [3.63, 3.8) is 0 Å². The standard InChI is InChI=1S/C62H98O6/c1-4-7-10-13-16-19-22-25-28-30-32-34-37-40-43-46-49-52-55-61(64)67-58-59(57-66-60(63)54-51-48-45-42-39-36-33-27-24-21-18-15-12-9-6-3)68-62(65)56-53-50-47-44-41-38-35-31-29-26-23-20-17-14-11-8-5-2/h8-9,11-12,15,17-18,20-22,24-26,28-30,32,34-35,38,44,47,59H,4-7,10,13-14,16,19,23,27,31,33,36-37,39-43,45-46,48-58H2,1-3H3/b11-8-,12-9-,18-15-,20-17-,24-21-,25-22-,29-26-,30-28-,34-32-,38-35-,47-44-. The summed E-state index contributed by atoms with van der Waals surface area (Å²) in [6.45, 7) is 6.29. The van der Waals surface area contributed by atoms with Gasteiger partial charge in [-0.3, -0.25) is 14.4 Å². The summed E-state index contributed by atoms with van der Waals surface area (Å²) in [6, 6.07) is 0. The number of allylic oxidation sites excluding steroid dienone is 22. The number of esters is 3. The van der Waals surface area contributed by atoms with Crippen LogP contribution in [-0.2, 0) is 28.6 Å². The van der Waals surface area contributed by atoms with Crippen molar-refractivity contribution in [2.45, 2.75) is 226 Å². The highest BCUT2D eigenvalue weighted by Gasteiger charge is 2.19. The van der Waals surface area contributed by atoms with E-state index in [0.29, 0.717) is 19.3 Å². The second kappa shape index (κ2) is 55.1. The molecule has 0 fully saturated rings. The van der Waals surface area contributed by atoms with Crippen LogP contribution in [0.15, 0.2) is 134 Å². The van der Waals surface area contributed by atoms with Gasteiger partial charge in [-0.1, -0.05) is 231 Å². The maximum absolute atomic E-state index is 12.8. The molecule has 0 saturated heterocycles. The van der Waals surface area contributed by atoms with Gasteiger partial charge in [-0.25, -0.2) is 0 Å². The number of carbonyl (C=O) groups excluding carboxylic acids is 3. The Morgan fingerprint density at radius 3 is 1.09 bits per heavy atom. The number of ether oxygens (including phenoxy) is 3. The van der Waals surface area contributed by atoms with Crippen LogP contribution in [0.5, 0.6) is 0 Å². The highest BCUT2D eigenvalue weighted by Crippen LogP contribution is 2.13. The van der Waals surface area contributed by atoms with Gasteiger partial charge in [-0.2, -0.15) is 0 Å². The van der Waals surface area contributed by atoms with Crippen molar-refractivity contribution in [2.24, 2.45) is 0 Å². The van der Waals surface area contributed by atoms with Crippen molar-refractivity contribution in [3.8, 4) is 0 Å². The molecule has 0 aromatic heterocycles. The van der Waals surface area contributed by atoms with E-state index >= 15 is 0 Å². The van der Waals surface area contributed by atoms with Crippen molar-refractivity contribution >= 4 is 17.9 Å². The lowest BCUT2D eigenvalue weighted by Gasteiger charge is -2.18. The van der Waals surface area contributed by atoms with Crippen LogP contribution in [0.25, 0.3) is 0 Å². The number of carbonyl (C=O) groups is 3. The van der Waals surface area contributed by atoms with Crippen LogP contribution in [0.4, 0.5) is 0 Å². The summed E-state index contributed by atoms with van der Waals surface area (Å²) in [5.74, 6) is -1.02. The molecule has 0 amide bonds. The third kappa shape index (κ3) is 52.5. The maximum Gasteiger partial charge on any atom is 0.306 e. The van der Waals surface area contributed by atoms with Crippen molar-refractivity contribution in [1.82, 2.24) is 0 Å². The topological polar surface area (TPSA) is 78.9 Å². The summed E-state index contributed by atoms with van der Waals surface area (Å²) in [5.41, 5.74) is 0. The minimum absolute atomic E-state index is 0.119. The average molecular weight is 939 g/mol. The van der Waals surface area contributed by atoms with E-state index in [2.05, 4.69) is 154 Å². The Kier molecular flexibility index (Phi) is 51.5. The van der Waals surface area contributed by atoms with Crippen molar-refractivity contribution < 1.29 is 28.6 Å². The van der Waals surface area contributed by atoms with Gasteiger partial charge in [0.05, 0.1) is 0 Å². The van der Waals surface area contributed by atoms with Gasteiger partial charge >= 0.3 is 17.9 Å². The molecule has 1 atom stereocenters. The lowest BCUT2D eigenvalue weighted by Crippen LogP contribution is -2.30. The molecule has 0 aromatic carbocycles. The van der Waals surface area contributed by atoms with E-state index in [1.807, 2.05) is 0 Å². The number of rotatable bonds is 47. The Morgan fingerprint density at radius 2 is 0.662 bits per heavy atom. The zero-order chi connectivity index (χ0) is 49.3. The zero-order valence-corrected chi connectivity index (χ0v) is 43.6. The predicted molar refractivity (Wildman–Crippen MR) is 292 cm³/mol. The molecule has 0 N–H and O–H groups in total. The predicted octanol–water partition coefficient (Wildman–Crippen LogP) is 18.3. The molecule has 68 heavy (non-hydrogen) atoms. The highest BCUT2D eigenvalue weighted by molar-refractivity contribution is 5.71. The van der Waals surface area contributed by atoms with Crippen LogP contribution >= 0.6 is 0 Å². The first-order chi connectivity index (χ1) is 33.5. The van der Waals surface area contributed by atoms with Crippen LogP contribution in [0.3, 0.4) is 0 Å². The lowest BCUT2D eigenvalue weighted by atomic mass is 10.1. The second-order valence-corrected chi connectivity index (χ2v) is 17.5. The Bertz CT molecular complexity index is 1500. The summed E-state index contributed by atoms with van der Waals surface area (Å²) >= 11 is 0. The molecule has 0 heterocycles. The zero-order valence-electron chi connectivity index (χ0n) is 43.6. The smallest absolute Gasteiger partial charge is 0.306 e. The van der Waals surface area contributed by atoms with E-state index in [1.165, 1.54) is 57.8 Å². The van der Waals surface area contributed by atoms with Crippen molar-refractivity contribution in [3.05, 3.63) is 134 Å². The van der Waals surface area contributed by atoms with Crippen LogP contribution in [0.2, 0.25) is 0 Å². The molecule has 0 bridgehead atoms. The summed E-state index contributed by atoms with van der Waals surface area (Å²) < 4.78 is 16.8. The van der Waals surface area contributed by atoms with Gasteiger partial charge in [-0.15, -0.1) is 0 Å². The van der Waals surface area contributed by atoms with E-state index in [1.54, 1.807) is 0 Å². The summed E-state index contributed by atoms with van der Waals surface area (Å²) in [4.78, 5) is 38.1. The lowest BCUT2D eigenvalue weighted by molar-refractivity contribution is -0.167. The van der Waals surface area contributed by atoms with Crippen LogP contribution in [0, 0.1) is 0 Å². The fourth-order valence-electron chi connectivity index (χ4n) is 6.95. The second-order valence-electron chi connectivity index (χ2n) is 17.5. The van der Waals surface area contributed by atoms with E-state index in [-0.39, 0.29) is 37.5 Å². The molecule has 0 saturated carbocycles. The molecule has 0 aliphatic heterocycles. The number of unbranched alkanes of at least 4 members (excludes halogenated alkanes) is 18. The molecular weight excluding hydrogens is 841 g/mol. The molecule has 6 heteroatoms. The monoisotopic (exact) mass is 939 g/mol. The molecule has 0 aliphatic rings. The quantitative estimate of drug-likeness (QED) is 0.0199. The SMILES string of the molecule is CC\C=C/C=C\C=C/CCCCCCCCCC(=O)OCC(COC(=O)CCCCCCC\C=C/C=C\C=C/CCCCCCC)OC(=O)CCC/C=C\C/C=C\C/C=C\C/C=C\C/C=C\CC. The first-order valence-electron chi connectivity index (χ1n) is 27.3. The molecule has 0 spiro atoms. The Labute approximate surface area is 417 Å². The van der Waals surface area contributed by atoms with Gasteiger partial charge in [0, 0.05) is 19.3 Å². The minimum Gasteiger partial charge on any atom is -0.462 e. The summed E-state index contributed by atoms with van der Waals surface area (Å²) in [6.07, 6.45) is 77.2. The number of hydrogen-bond donors (Lipinski definition) is 0. The average Bonchev–Trinajstić information content (AvgIpc) is 3.34. The van der Waals surface area contributed by atoms with E-state index in [4.69, 9.17) is 14.2 Å². The van der Waals surface area contributed by atoms with Crippen LogP contribution in [0.1, 0.15) is 220 Å². The molecule has 382 valence electrons. The van der Waals surface area contributed by atoms with Crippen LogP contribution < -0.4 is 0 Å². The fourth-order valence-corrected chi connectivity index (χ4v) is 6.95. The Balaban J connectivity index is 4.56. The third-order valence-electron chi connectivity index (χ3n) is 11.0. The fraction of sp³-hybridized carbons (Fsp3) is 0.597. The Hall–Kier alpha value is -4.45. The van der Waals surface area contributed by atoms with E-state index in [0.717, 1.165) is 116 Å². The molecule has 0 aromatic rings. The summed E-state index contributed by atoms with van der Waals surface area (Å²) in [7, 11) is 0. The molecule has 1 unspecified atom stereocenters. The molecule has 0 radical (unpaired) electrons.